The molecule has 2 N–H and O–H groups in total. The van der Waals surface area contributed by atoms with Crippen molar-refractivity contribution in [3.8, 4) is 0 Å². The molecule has 6 heteroatoms. The van der Waals surface area contributed by atoms with Crippen LogP contribution in [0, 0.1) is 11.6 Å². The molecule has 0 aliphatic heterocycles. The highest BCUT2D eigenvalue weighted by atomic mass is 32.2. The van der Waals surface area contributed by atoms with Crippen molar-refractivity contribution in [2.24, 2.45) is 5.73 Å². The minimum atomic E-state index is -3.77. The third kappa shape index (κ3) is 2.63. The molecule has 0 spiro atoms. The number of hydrogen-bond acceptors (Lipinski definition) is 3. The number of rotatable bonds is 3. The molecule has 1 saturated carbocycles. The smallest absolute Gasteiger partial charge is 0.178 e. The van der Waals surface area contributed by atoms with E-state index in [4.69, 9.17) is 5.73 Å². The maximum absolute atomic E-state index is 13.9. The van der Waals surface area contributed by atoms with Crippen LogP contribution in [0.1, 0.15) is 18.4 Å². The zero-order valence-corrected chi connectivity index (χ0v) is 10.2. The van der Waals surface area contributed by atoms with Gasteiger partial charge < -0.3 is 5.73 Å². The van der Waals surface area contributed by atoms with Gasteiger partial charge in [-0.15, -0.1) is 0 Å². The lowest BCUT2D eigenvalue weighted by molar-refractivity contribution is 0.531. The highest BCUT2D eigenvalue weighted by Crippen LogP contribution is 2.37. The molecular formula is C11H13F2NO2S. The summed E-state index contributed by atoms with van der Waals surface area (Å²) >= 11 is 0. The van der Waals surface area contributed by atoms with Gasteiger partial charge in [0.1, 0.15) is 16.5 Å². The van der Waals surface area contributed by atoms with Crippen LogP contribution in [0.5, 0.6) is 0 Å². The molecular weight excluding hydrogens is 248 g/mol. The second-order valence-electron chi connectivity index (χ2n) is 4.69. The Kier molecular flexibility index (Phi) is 2.74. The molecule has 0 aromatic heterocycles. The summed E-state index contributed by atoms with van der Waals surface area (Å²) in [5.74, 6) is -1.64. The first-order chi connectivity index (χ1) is 7.71. The van der Waals surface area contributed by atoms with Gasteiger partial charge in [-0.05, 0) is 37.0 Å². The van der Waals surface area contributed by atoms with Crippen LogP contribution < -0.4 is 5.73 Å². The average Bonchev–Trinajstić information content (AvgIpc) is 2.87. The number of nitrogens with two attached hydrogens (primary N) is 1. The molecule has 0 radical (unpaired) electrons. The van der Waals surface area contributed by atoms with E-state index < -0.39 is 31.9 Å². The van der Waals surface area contributed by atoms with Gasteiger partial charge in [0.25, 0.3) is 0 Å². The van der Waals surface area contributed by atoms with E-state index in [0.29, 0.717) is 6.07 Å². The van der Waals surface area contributed by atoms with E-state index >= 15 is 0 Å². The van der Waals surface area contributed by atoms with Gasteiger partial charge in [-0.1, -0.05) is 0 Å². The lowest BCUT2D eigenvalue weighted by Gasteiger charge is -2.11. The lowest BCUT2D eigenvalue weighted by atomic mass is 10.0. The summed E-state index contributed by atoms with van der Waals surface area (Å²) in [6.45, 7) is 0. The summed E-state index contributed by atoms with van der Waals surface area (Å²) in [6, 6.07) is 1.71. The molecule has 94 valence electrons. The summed E-state index contributed by atoms with van der Waals surface area (Å²) in [4.78, 5) is -0.600. The van der Waals surface area contributed by atoms with Crippen LogP contribution >= 0.6 is 0 Å². The Balaban J connectivity index is 2.49. The molecule has 0 atom stereocenters. The molecule has 1 aromatic rings. The van der Waals surface area contributed by atoms with Crippen LogP contribution in [0.3, 0.4) is 0 Å². The first-order valence-corrected chi connectivity index (χ1v) is 7.07. The Hall–Kier alpha value is -1.01. The average molecular weight is 261 g/mol. The van der Waals surface area contributed by atoms with Gasteiger partial charge in [0, 0.05) is 11.8 Å². The van der Waals surface area contributed by atoms with Gasteiger partial charge in [0.2, 0.25) is 0 Å². The fourth-order valence-corrected chi connectivity index (χ4v) is 2.52. The second-order valence-corrected chi connectivity index (χ2v) is 6.67. The van der Waals surface area contributed by atoms with E-state index in [-0.39, 0.29) is 12.0 Å². The molecule has 1 aliphatic rings. The van der Waals surface area contributed by atoms with E-state index in [1.54, 1.807) is 0 Å². The predicted octanol–water partition coefficient (Wildman–Crippen LogP) is 1.40. The highest BCUT2D eigenvalue weighted by Gasteiger charge is 2.39. The topological polar surface area (TPSA) is 60.2 Å². The third-order valence-corrected chi connectivity index (χ3v) is 4.01. The molecule has 17 heavy (non-hydrogen) atoms. The molecule has 0 amide bonds. The van der Waals surface area contributed by atoms with Gasteiger partial charge in [0.05, 0.1) is 0 Å². The van der Waals surface area contributed by atoms with Crippen molar-refractivity contribution < 1.29 is 17.2 Å². The highest BCUT2D eigenvalue weighted by molar-refractivity contribution is 7.90. The third-order valence-electron chi connectivity index (χ3n) is 2.91. The van der Waals surface area contributed by atoms with Crippen molar-refractivity contribution >= 4 is 9.84 Å². The molecule has 3 nitrogen and oxygen atoms in total. The van der Waals surface area contributed by atoms with E-state index in [0.717, 1.165) is 25.2 Å². The second kappa shape index (κ2) is 3.74. The molecule has 1 fully saturated rings. The van der Waals surface area contributed by atoms with E-state index in [9.17, 15) is 17.2 Å². The van der Waals surface area contributed by atoms with Crippen molar-refractivity contribution in [2.45, 2.75) is 29.7 Å². The van der Waals surface area contributed by atoms with Crippen LogP contribution in [0.25, 0.3) is 0 Å². The SMILES string of the molecule is CS(=O)(=O)c1cc(F)cc(CC2(N)CC2)c1F. The van der Waals surface area contributed by atoms with Crippen LogP contribution in [0.15, 0.2) is 17.0 Å². The first kappa shape index (κ1) is 12.4. The van der Waals surface area contributed by atoms with E-state index in [1.807, 2.05) is 0 Å². The monoisotopic (exact) mass is 261 g/mol. The Labute approximate surface area is 98.5 Å². The maximum Gasteiger partial charge on any atom is 0.178 e. The number of sulfone groups is 1. The standard InChI is InChI=1S/C11H13F2NO2S/c1-17(15,16)9-5-8(12)4-7(10(9)13)6-11(14)2-3-11/h4-5H,2-3,6,14H2,1H3. The fraction of sp³-hybridized carbons (Fsp3) is 0.455. The Morgan fingerprint density at radius 2 is 1.94 bits per heavy atom. The summed E-state index contributed by atoms with van der Waals surface area (Å²) < 4.78 is 49.8. The van der Waals surface area contributed by atoms with Crippen LogP contribution in [0.2, 0.25) is 0 Å². The molecule has 0 saturated heterocycles. The zero-order chi connectivity index (χ0) is 12.8. The number of hydrogen-bond donors (Lipinski definition) is 1. The molecule has 0 heterocycles. The fourth-order valence-electron chi connectivity index (χ4n) is 1.73. The minimum Gasteiger partial charge on any atom is -0.325 e. The summed E-state index contributed by atoms with van der Waals surface area (Å²) in [7, 11) is -3.77. The van der Waals surface area contributed by atoms with E-state index in [1.165, 1.54) is 0 Å². The quantitative estimate of drug-likeness (QED) is 0.894. The summed E-state index contributed by atoms with van der Waals surface area (Å²) in [5, 5.41) is 0. The Bertz CT molecular complexity index is 565. The van der Waals surface area contributed by atoms with Gasteiger partial charge in [-0.2, -0.15) is 0 Å². The van der Waals surface area contributed by atoms with Gasteiger partial charge in [-0.3, -0.25) is 0 Å². The number of benzene rings is 1. The van der Waals surface area contributed by atoms with Gasteiger partial charge in [0.15, 0.2) is 9.84 Å². The molecule has 2 rings (SSSR count). The lowest BCUT2D eigenvalue weighted by Crippen LogP contribution is -2.25. The van der Waals surface area contributed by atoms with Gasteiger partial charge >= 0.3 is 0 Å². The summed E-state index contributed by atoms with van der Waals surface area (Å²) in [5.41, 5.74) is 5.35. The molecule has 0 bridgehead atoms. The minimum absolute atomic E-state index is 0.0328. The molecule has 0 unspecified atom stereocenters. The van der Waals surface area contributed by atoms with Crippen LogP contribution in [-0.4, -0.2) is 20.2 Å². The normalized spacial score (nSPS) is 18.1. The Morgan fingerprint density at radius 3 is 2.41 bits per heavy atom. The predicted molar refractivity (Wildman–Crippen MR) is 59.3 cm³/mol. The number of halogens is 2. The first-order valence-electron chi connectivity index (χ1n) is 5.18. The van der Waals surface area contributed by atoms with Crippen molar-refractivity contribution in [2.75, 3.05) is 6.26 Å². The van der Waals surface area contributed by atoms with Gasteiger partial charge in [-0.25, -0.2) is 17.2 Å². The van der Waals surface area contributed by atoms with Crippen molar-refractivity contribution in [3.63, 3.8) is 0 Å². The van der Waals surface area contributed by atoms with Crippen molar-refractivity contribution in [3.05, 3.63) is 29.3 Å². The molecule has 1 aromatic carbocycles. The van der Waals surface area contributed by atoms with Crippen molar-refractivity contribution in [1.82, 2.24) is 0 Å². The zero-order valence-electron chi connectivity index (χ0n) is 9.33. The Morgan fingerprint density at radius 1 is 1.35 bits per heavy atom. The largest absolute Gasteiger partial charge is 0.325 e. The van der Waals surface area contributed by atoms with Crippen LogP contribution in [-0.2, 0) is 16.3 Å². The molecule has 1 aliphatic carbocycles. The maximum atomic E-state index is 13.9. The van der Waals surface area contributed by atoms with Crippen molar-refractivity contribution in [1.29, 1.82) is 0 Å². The summed E-state index contributed by atoms with van der Waals surface area (Å²) in [6.07, 6.45) is 2.51. The van der Waals surface area contributed by atoms with Crippen LogP contribution in [0.4, 0.5) is 8.78 Å². The van der Waals surface area contributed by atoms with E-state index in [2.05, 4.69) is 0 Å².